The minimum Gasteiger partial charge on any atom is -0.406 e. The van der Waals surface area contributed by atoms with Gasteiger partial charge >= 0.3 is 6.36 Å². The summed E-state index contributed by atoms with van der Waals surface area (Å²) in [6, 6.07) is 9.47. The lowest BCUT2D eigenvalue weighted by atomic mass is 10.2. The number of aliphatic imine (C=N–C) groups is 1. The van der Waals surface area contributed by atoms with Gasteiger partial charge in [-0.05, 0) is 36.4 Å². The number of hydrogen-bond acceptors (Lipinski definition) is 3. The molecule has 0 aromatic heterocycles. The first-order valence-corrected chi connectivity index (χ1v) is 6.85. The Morgan fingerprint density at radius 3 is 2.09 bits per heavy atom. The Hall–Kier alpha value is -1.96. The summed E-state index contributed by atoms with van der Waals surface area (Å²) >= 11 is 12.0. The van der Waals surface area contributed by atoms with Crippen LogP contribution in [0.15, 0.2) is 47.5 Å². The van der Waals surface area contributed by atoms with Crippen molar-refractivity contribution >= 4 is 34.7 Å². The maximum absolute atomic E-state index is 12.1. The molecule has 0 aliphatic rings. The molecule has 0 heterocycles. The summed E-state index contributed by atoms with van der Waals surface area (Å²) in [6.45, 7) is 0. The number of alkyl halides is 3. The van der Waals surface area contributed by atoms with Crippen molar-refractivity contribution in [3.05, 3.63) is 58.1 Å². The zero-order valence-electron chi connectivity index (χ0n) is 11.2. The Labute approximate surface area is 139 Å². The third-order valence-corrected chi connectivity index (χ3v) is 3.25. The van der Waals surface area contributed by atoms with E-state index in [2.05, 4.69) is 9.73 Å². The van der Waals surface area contributed by atoms with E-state index in [1.807, 2.05) is 5.48 Å². The topological polar surface area (TPSA) is 53.8 Å². The Bertz CT molecular complexity index is 699. The van der Waals surface area contributed by atoms with Crippen LogP contribution in [0.4, 0.5) is 18.9 Å². The van der Waals surface area contributed by atoms with Gasteiger partial charge in [0.05, 0.1) is 21.3 Å². The number of ether oxygens (including phenoxy) is 1. The van der Waals surface area contributed by atoms with E-state index in [1.165, 1.54) is 12.1 Å². The molecule has 0 saturated carbocycles. The molecule has 0 saturated heterocycles. The zero-order chi connectivity index (χ0) is 17.0. The lowest BCUT2D eigenvalue weighted by Crippen LogP contribution is -2.21. The summed E-state index contributed by atoms with van der Waals surface area (Å²) in [5.41, 5.74) is 2.39. The van der Waals surface area contributed by atoms with Gasteiger partial charge in [-0.3, -0.25) is 10.7 Å². The van der Waals surface area contributed by atoms with E-state index in [0.29, 0.717) is 0 Å². The van der Waals surface area contributed by atoms with Crippen LogP contribution in [0.3, 0.4) is 0 Å². The van der Waals surface area contributed by atoms with Crippen molar-refractivity contribution in [2.75, 3.05) is 0 Å². The highest BCUT2D eigenvalue weighted by Gasteiger charge is 2.30. The SMILES string of the molecule is ONC(=Nc1ccc(OC(F)(F)F)cc1)c1c(Cl)cccc1Cl. The summed E-state index contributed by atoms with van der Waals surface area (Å²) in [7, 11) is 0. The summed E-state index contributed by atoms with van der Waals surface area (Å²) in [5, 5.41) is 9.72. The lowest BCUT2D eigenvalue weighted by molar-refractivity contribution is -0.274. The minimum absolute atomic E-state index is 0.0508. The number of nitrogens with one attached hydrogen (secondary N) is 1. The van der Waals surface area contributed by atoms with Crippen molar-refractivity contribution in [1.82, 2.24) is 5.48 Å². The molecule has 2 rings (SSSR count). The molecule has 0 unspecified atom stereocenters. The molecule has 9 heteroatoms. The van der Waals surface area contributed by atoms with Crippen molar-refractivity contribution in [3.8, 4) is 5.75 Å². The molecule has 0 atom stereocenters. The van der Waals surface area contributed by atoms with Gasteiger partial charge in [-0.2, -0.15) is 0 Å². The summed E-state index contributed by atoms with van der Waals surface area (Å²) in [4.78, 5) is 4.06. The van der Waals surface area contributed by atoms with Gasteiger partial charge in [0, 0.05) is 0 Å². The minimum atomic E-state index is -4.77. The molecule has 0 radical (unpaired) electrons. The van der Waals surface area contributed by atoms with Gasteiger partial charge in [0.15, 0.2) is 5.84 Å². The van der Waals surface area contributed by atoms with E-state index in [0.717, 1.165) is 12.1 Å². The number of halogens is 5. The van der Waals surface area contributed by atoms with Crippen LogP contribution >= 0.6 is 23.2 Å². The molecular formula is C14H9Cl2F3N2O2. The fourth-order valence-corrected chi connectivity index (χ4v) is 2.29. The average Bonchev–Trinajstić information content (AvgIpc) is 2.46. The summed E-state index contributed by atoms with van der Waals surface area (Å²) in [5.74, 6) is -0.434. The molecule has 23 heavy (non-hydrogen) atoms. The number of benzene rings is 2. The number of nitrogens with zero attached hydrogens (tertiary/aromatic N) is 1. The molecule has 0 aliphatic heterocycles. The van der Waals surface area contributed by atoms with Crippen LogP contribution in [0.25, 0.3) is 0 Å². The Morgan fingerprint density at radius 1 is 1.04 bits per heavy atom. The van der Waals surface area contributed by atoms with Crippen molar-refractivity contribution < 1.29 is 23.1 Å². The molecular weight excluding hydrogens is 356 g/mol. The largest absolute Gasteiger partial charge is 0.573 e. The molecule has 0 amide bonds. The standard InChI is InChI=1S/C14H9Cl2F3N2O2/c15-10-2-1-3-11(16)12(10)13(21-22)20-8-4-6-9(7-5-8)23-14(17,18)19/h1-7,22H,(H,20,21). The fourth-order valence-electron chi connectivity index (χ4n) is 1.71. The van der Waals surface area contributed by atoms with Gasteiger partial charge in [-0.25, -0.2) is 4.99 Å². The number of hydroxylamine groups is 1. The molecule has 0 aliphatic carbocycles. The van der Waals surface area contributed by atoms with Crippen LogP contribution in [0.5, 0.6) is 5.75 Å². The number of hydrogen-bond donors (Lipinski definition) is 2. The summed E-state index contributed by atoms with van der Waals surface area (Å²) in [6.07, 6.45) is -4.77. The van der Waals surface area contributed by atoms with Crippen molar-refractivity contribution in [3.63, 3.8) is 0 Å². The van der Waals surface area contributed by atoms with E-state index in [1.54, 1.807) is 18.2 Å². The highest BCUT2D eigenvalue weighted by Crippen LogP contribution is 2.28. The third-order valence-electron chi connectivity index (χ3n) is 2.62. The first kappa shape index (κ1) is 17.4. The monoisotopic (exact) mass is 364 g/mol. The quantitative estimate of drug-likeness (QED) is 0.460. The Morgan fingerprint density at radius 2 is 1.61 bits per heavy atom. The van der Waals surface area contributed by atoms with E-state index < -0.39 is 6.36 Å². The van der Waals surface area contributed by atoms with Crippen LogP contribution in [0, 0.1) is 0 Å². The average molecular weight is 365 g/mol. The number of amidine groups is 1. The van der Waals surface area contributed by atoms with E-state index in [-0.39, 0.29) is 32.9 Å². The highest BCUT2D eigenvalue weighted by molar-refractivity contribution is 6.40. The van der Waals surface area contributed by atoms with Gasteiger partial charge in [0.1, 0.15) is 5.75 Å². The zero-order valence-corrected chi connectivity index (χ0v) is 12.7. The van der Waals surface area contributed by atoms with Crippen LogP contribution in [0.2, 0.25) is 10.0 Å². The first-order valence-electron chi connectivity index (χ1n) is 6.09. The Kier molecular flexibility index (Phi) is 5.35. The summed E-state index contributed by atoms with van der Waals surface area (Å²) < 4.78 is 40.0. The van der Waals surface area contributed by atoms with E-state index in [4.69, 9.17) is 23.2 Å². The predicted octanol–water partition coefficient (Wildman–Crippen LogP) is 4.95. The van der Waals surface area contributed by atoms with Gasteiger partial charge in [0.2, 0.25) is 0 Å². The third kappa shape index (κ3) is 4.75. The first-order chi connectivity index (χ1) is 10.8. The molecule has 2 aromatic carbocycles. The molecule has 0 bridgehead atoms. The normalized spacial score (nSPS) is 12.2. The van der Waals surface area contributed by atoms with Crippen molar-refractivity contribution in [1.29, 1.82) is 0 Å². The highest BCUT2D eigenvalue weighted by atomic mass is 35.5. The van der Waals surface area contributed by atoms with E-state index in [9.17, 15) is 18.4 Å². The lowest BCUT2D eigenvalue weighted by Gasteiger charge is -2.10. The van der Waals surface area contributed by atoms with Crippen LogP contribution in [0.1, 0.15) is 5.56 Å². The number of rotatable bonds is 3. The predicted molar refractivity (Wildman–Crippen MR) is 80.7 cm³/mol. The van der Waals surface area contributed by atoms with Crippen LogP contribution in [-0.4, -0.2) is 17.4 Å². The maximum atomic E-state index is 12.1. The molecule has 2 aromatic rings. The molecule has 0 fully saturated rings. The van der Waals surface area contributed by atoms with Gasteiger partial charge in [-0.15, -0.1) is 13.2 Å². The second-order valence-electron chi connectivity index (χ2n) is 4.21. The van der Waals surface area contributed by atoms with Gasteiger partial charge in [0.25, 0.3) is 0 Å². The Balaban J connectivity index is 2.32. The fraction of sp³-hybridized carbons (Fsp3) is 0.0714. The van der Waals surface area contributed by atoms with Crippen molar-refractivity contribution in [2.45, 2.75) is 6.36 Å². The molecule has 122 valence electrons. The second-order valence-corrected chi connectivity index (χ2v) is 5.02. The molecule has 2 N–H and O–H groups in total. The second kappa shape index (κ2) is 7.08. The van der Waals surface area contributed by atoms with Crippen LogP contribution < -0.4 is 10.2 Å². The maximum Gasteiger partial charge on any atom is 0.573 e. The smallest absolute Gasteiger partial charge is 0.406 e. The van der Waals surface area contributed by atoms with Crippen LogP contribution in [-0.2, 0) is 0 Å². The van der Waals surface area contributed by atoms with Gasteiger partial charge in [-0.1, -0.05) is 29.3 Å². The van der Waals surface area contributed by atoms with Crippen molar-refractivity contribution in [2.24, 2.45) is 4.99 Å². The van der Waals surface area contributed by atoms with Gasteiger partial charge < -0.3 is 4.74 Å². The molecule has 4 nitrogen and oxygen atoms in total. The van der Waals surface area contributed by atoms with E-state index >= 15 is 0 Å². The molecule has 0 spiro atoms.